The van der Waals surface area contributed by atoms with E-state index in [0.717, 1.165) is 30.7 Å². The quantitative estimate of drug-likeness (QED) is 0.819. The Hall–Kier alpha value is -0.720. The molecule has 1 aliphatic heterocycles. The zero-order valence-corrected chi connectivity index (χ0v) is 12.7. The molecular weight excluding hydrogens is 280 g/mol. The van der Waals surface area contributed by atoms with Gasteiger partial charge in [-0.1, -0.05) is 12.5 Å². The summed E-state index contributed by atoms with van der Waals surface area (Å²) in [6.07, 6.45) is 5.15. The van der Waals surface area contributed by atoms with Gasteiger partial charge in [0.25, 0.3) is 0 Å². The van der Waals surface area contributed by atoms with Gasteiger partial charge < -0.3 is 5.32 Å². The zero-order chi connectivity index (χ0) is 13.7. The van der Waals surface area contributed by atoms with Crippen molar-refractivity contribution in [3.63, 3.8) is 0 Å². The van der Waals surface area contributed by atoms with Gasteiger partial charge in [0.2, 0.25) is 10.0 Å². The molecule has 1 aromatic carbocycles. The molecule has 2 N–H and O–H groups in total. The van der Waals surface area contributed by atoms with E-state index < -0.39 is 10.0 Å². The van der Waals surface area contributed by atoms with Gasteiger partial charge in [-0.05, 0) is 43.8 Å². The van der Waals surface area contributed by atoms with Gasteiger partial charge in [-0.3, -0.25) is 4.72 Å². The molecule has 106 valence electrons. The van der Waals surface area contributed by atoms with Crippen molar-refractivity contribution < 1.29 is 8.42 Å². The van der Waals surface area contributed by atoms with Crippen LogP contribution in [-0.2, 0) is 10.0 Å². The summed E-state index contributed by atoms with van der Waals surface area (Å²) < 4.78 is 26.9. The van der Waals surface area contributed by atoms with Crippen LogP contribution < -0.4 is 10.0 Å². The lowest BCUT2D eigenvalue weighted by molar-refractivity contribution is 0.424. The predicted molar refractivity (Wildman–Crippen MR) is 81.3 cm³/mol. The van der Waals surface area contributed by atoms with Gasteiger partial charge in [-0.2, -0.15) is 0 Å². The van der Waals surface area contributed by atoms with E-state index in [1.54, 1.807) is 17.8 Å². The molecule has 0 aromatic heterocycles. The molecule has 1 heterocycles. The first kappa shape index (κ1) is 14.7. The van der Waals surface area contributed by atoms with Crippen LogP contribution in [-0.4, -0.2) is 33.0 Å². The molecule has 19 heavy (non-hydrogen) atoms. The van der Waals surface area contributed by atoms with Crippen LogP contribution in [0.15, 0.2) is 29.2 Å². The van der Waals surface area contributed by atoms with Crippen LogP contribution in [0.5, 0.6) is 0 Å². The Morgan fingerprint density at radius 2 is 2.26 bits per heavy atom. The molecule has 0 aliphatic carbocycles. The van der Waals surface area contributed by atoms with Gasteiger partial charge in [0.1, 0.15) is 0 Å². The number of rotatable bonds is 5. The molecular formula is C13H20N2O2S2. The van der Waals surface area contributed by atoms with Gasteiger partial charge in [-0.15, -0.1) is 11.8 Å². The van der Waals surface area contributed by atoms with E-state index >= 15 is 0 Å². The second kappa shape index (κ2) is 6.63. The average molecular weight is 300 g/mol. The van der Waals surface area contributed by atoms with E-state index in [4.69, 9.17) is 0 Å². The highest BCUT2D eigenvalue weighted by Crippen LogP contribution is 2.20. The molecule has 0 saturated carbocycles. The van der Waals surface area contributed by atoms with Gasteiger partial charge in [0, 0.05) is 16.6 Å². The molecule has 1 atom stereocenters. The number of anilines is 1. The van der Waals surface area contributed by atoms with Crippen LogP contribution in [0.25, 0.3) is 0 Å². The Kier molecular flexibility index (Phi) is 5.13. The number of piperidine rings is 1. The van der Waals surface area contributed by atoms with Gasteiger partial charge in [0.15, 0.2) is 0 Å². The molecule has 1 aliphatic rings. The van der Waals surface area contributed by atoms with Gasteiger partial charge in [0.05, 0.1) is 5.75 Å². The summed E-state index contributed by atoms with van der Waals surface area (Å²) in [5, 5.41) is 3.26. The highest BCUT2D eigenvalue weighted by Gasteiger charge is 2.20. The lowest BCUT2D eigenvalue weighted by Crippen LogP contribution is -2.40. The maximum Gasteiger partial charge on any atom is 0.234 e. The first-order valence-electron chi connectivity index (χ1n) is 6.47. The van der Waals surface area contributed by atoms with Crippen molar-refractivity contribution in [3.05, 3.63) is 24.3 Å². The van der Waals surface area contributed by atoms with E-state index in [1.807, 2.05) is 24.5 Å². The third kappa shape index (κ3) is 4.71. The third-order valence-corrected chi connectivity index (χ3v) is 5.29. The molecule has 1 fully saturated rings. The first-order chi connectivity index (χ1) is 9.09. The maximum absolute atomic E-state index is 12.1. The predicted octanol–water partition coefficient (Wildman–Crippen LogP) is 2.29. The summed E-state index contributed by atoms with van der Waals surface area (Å²) in [6.45, 7) is 0.919. The van der Waals surface area contributed by atoms with Gasteiger partial charge in [-0.25, -0.2) is 8.42 Å². The summed E-state index contributed by atoms with van der Waals surface area (Å²) >= 11 is 1.60. The minimum Gasteiger partial charge on any atom is -0.313 e. The zero-order valence-electron chi connectivity index (χ0n) is 11.1. The first-order valence-corrected chi connectivity index (χ1v) is 9.35. The van der Waals surface area contributed by atoms with E-state index in [0.29, 0.717) is 5.69 Å². The Bertz CT molecular complexity index is 511. The van der Waals surface area contributed by atoms with E-state index in [1.165, 1.54) is 0 Å². The van der Waals surface area contributed by atoms with Crippen molar-refractivity contribution in [1.82, 2.24) is 5.32 Å². The number of sulfonamides is 1. The molecule has 0 bridgehead atoms. The average Bonchev–Trinajstić information content (AvgIpc) is 2.39. The largest absolute Gasteiger partial charge is 0.313 e. The Balaban J connectivity index is 1.99. The van der Waals surface area contributed by atoms with Crippen molar-refractivity contribution in [2.24, 2.45) is 0 Å². The normalized spacial score (nSPS) is 20.2. The van der Waals surface area contributed by atoms with Crippen molar-refractivity contribution in [3.8, 4) is 0 Å². The topological polar surface area (TPSA) is 58.2 Å². The number of nitrogens with one attached hydrogen (secondary N) is 2. The molecule has 1 unspecified atom stereocenters. The van der Waals surface area contributed by atoms with E-state index in [9.17, 15) is 8.42 Å². The second-order valence-corrected chi connectivity index (χ2v) is 7.41. The monoisotopic (exact) mass is 300 g/mol. The molecule has 0 spiro atoms. The van der Waals surface area contributed by atoms with Crippen LogP contribution in [0, 0.1) is 0 Å². The van der Waals surface area contributed by atoms with Crippen molar-refractivity contribution >= 4 is 27.5 Å². The standard InChI is InChI=1S/C13H20N2O2S2/c1-18-13-7-4-6-11(9-13)15-19(16,17)10-12-5-2-3-8-14-12/h4,6-7,9,12,14-15H,2-3,5,8,10H2,1H3. The fourth-order valence-corrected chi connectivity index (χ4v) is 4.08. The number of thioether (sulfide) groups is 1. The number of hydrogen-bond donors (Lipinski definition) is 2. The lowest BCUT2D eigenvalue weighted by atomic mass is 10.1. The van der Waals surface area contributed by atoms with Crippen LogP contribution in [0.1, 0.15) is 19.3 Å². The fourth-order valence-electron chi connectivity index (χ4n) is 2.24. The van der Waals surface area contributed by atoms with Gasteiger partial charge >= 0.3 is 0 Å². The van der Waals surface area contributed by atoms with Crippen LogP contribution >= 0.6 is 11.8 Å². The molecule has 6 heteroatoms. The highest BCUT2D eigenvalue weighted by molar-refractivity contribution is 7.98. The minimum atomic E-state index is -3.28. The molecule has 2 rings (SSSR count). The Morgan fingerprint density at radius 3 is 2.95 bits per heavy atom. The van der Waals surface area contributed by atoms with Crippen LogP contribution in [0.2, 0.25) is 0 Å². The summed E-state index contributed by atoms with van der Waals surface area (Å²) in [5.41, 5.74) is 0.641. The third-order valence-electron chi connectivity index (χ3n) is 3.18. The summed E-state index contributed by atoms with van der Waals surface area (Å²) in [5.74, 6) is 0.149. The minimum absolute atomic E-state index is 0.0787. The Labute approximate surface area is 119 Å². The Morgan fingerprint density at radius 1 is 1.42 bits per heavy atom. The van der Waals surface area contributed by atoms with E-state index in [2.05, 4.69) is 10.0 Å². The van der Waals surface area contributed by atoms with Crippen LogP contribution in [0.4, 0.5) is 5.69 Å². The summed E-state index contributed by atoms with van der Waals surface area (Å²) in [7, 11) is -3.28. The van der Waals surface area contributed by atoms with Crippen molar-refractivity contribution in [2.75, 3.05) is 23.3 Å². The highest BCUT2D eigenvalue weighted by atomic mass is 32.2. The SMILES string of the molecule is CSc1cccc(NS(=O)(=O)CC2CCCCN2)c1. The number of hydrogen-bond acceptors (Lipinski definition) is 4. The molecule has 0 amide bonds. The smallest absolute Gasteiger partial charge is 0.234 e. The van der Waals surface area contributed by atoms with Crippen molar-refractivity contribution in [1.29, 1.82) is 0 Å². The second-order valence-electron chi connectivity index (χ2n) is 4.76. The molecule has 1 saturated heterocycles. The molecule has 1 aromatic rings. The number of benzene rings is 1. The molecule has 0 radical (unpaired) electrons. The van der Waals surface area contributed by atoms with E-state index in [-0.39, 0.29) is 11.8 Å². The summed E-state index contributed by atoms with van der Waals surface area (Å²) in [4.78, 5) is 1.05. The van der Waals surface area contributed by atoms with Crippen molar-refractivity contribution in [2.45, 2.75) is 30.2 Å². The summed E-state index contributed by atoms with van der Waals surface area (Å²) in [6, 6.07) is 7.55. The lowest BCUT2D eigenvalue weighted by Gasteiger charge is -2.23. The molecule has 4 nitrogen and oxygen atoms in total. The maximum atomic E-state index is 12.1. The van der Waals surface area contributed by atoms with Crippen LogP contribution in [0.3, 0.4) is 0 Å². The fraction of sp³-hybridized carbons (Fsp3) is 0.538.